The Morgan fingerprint density at radius 3 is 2.87 bits per heavy atom. The predicted octanol–water partition coefficient (Wildman–Crippen LogP) is 3.21. The lowest BCUT2D eigenvalue weighted by atomic mass is 10.0. The van der Waals surface area contributed by atoms with Crippen molar-refractivity contribution < 1.29 is 9.52 Å². The Kier molecular flexibility index (Phi) is 3.09. The number of aliphatic hydroxyl groups is 1. The average molecular weight is 223 g/mol. The molecule has 2 rings (SSSR count). The van der Waals surface area contributed by atoms with Crippen molar-refractivity contribution in [3.8, 4) is 0 Å². The molecule has 3 heteroatoms. The summed E-state index contributed by atoms with van der Waals surface area (Å²) in [5.41, 5.74) is 1.80. The van der Waals surface area contributed by atoms with E-state index in [4.69, 9.17) is 16.0 Å². The lowest BCUT2D eigenvalue weighted by Crippen LogP contribution is -2.00. The number of furan rings is 1. The van der Waals surface area contributed by atoms with Crippen LogP contribution in [0.4, 0.5) is 0 Å². The van der Waals surface area contributed by atoms with Gasteiger partial charge < -0.3 is 9.52 Å². The molecule has 0 fully saturated rings. The molecule has 0 aliphatic rings. The molecule has 1 N–H and O–H groups in total. The first kappa shape index (κ1) is 10.3. The van der Waals surface area contributed by atoms with E-state index in [0.717, 1.165) is 11.1 Å². The van der Waals surface area contributed by atoms with E-state index in [1.165, 1.54) is 0 Å². The van der Waals surface area contributed by atoms with Crippen LogP contribution >= 0.6 is 11.6 Å². The van der Waals surface area contributed by atoms with Gasteiger partial charge in [0, 0.05) is 17.0 Å². The third-order valence-corrected chi connectivity index (χ3v) is 2.48. The van der Waals surface area contributed by atoms with Crippen LogP contribution in [-0.4, -0.2) is 5.11 Å². The standard InChI is InChI=1S/C12H11ClO2/c13-11-3-1-2-9(6-11)7-12(14)10-4-5-15-8-10/h1-6,8,12,14H,7H2. The first-order chi connectivity index (χ1) is 7.25. The van der Waals surface area contributed by atoms with Gasteiger partial charge in [0.2, 0.25) is 0 Å². The van der Waals surface area contributed by atoms with E-state index in [1.807, 2.05) is 24.3 Å². The van der Waals surface area contributed by atoms with Crippen LogP contribution in [0.15, 0.2) is 47.3 Å². The molecule has 1 unspecified atom stereocenters. The highest BCUT2D eigenvalue weighted by molar-refractivity contribution is 6.30. The highest BCUT2D eigenvalue weighted by Crippen LogP contribution is 2.20. The SMILES string of the molecule is OC(Cc1cccc(Cl)c1)c1ccoc1. The summed E-state index contributed by atoms with van der Waals surface area (Å²) in [4.78, 5) is 0. The van der Waals surface area contributed by atoms with E-state index in [-0.39, 0.29) is 0 Å². The second-order valence-electron chi connectivity index (χ2n) is 3.41. The van der Waals surface area contributed by atoms with E-state index in [2.05, 4.69) is 0 Å². The zero-order valence-corrected chi connectivity index (χ0v) is 8.82. The summed E-state index contributed by atoms with van der Waals surface area (Å²) < 4.78 is 4.91. The summed E-state index contributed by atoms with van der Waals surface area (Å²) in [6.45, 7) is 0. The van der Waals surface area contributed by atoms with Crippen LogP contribution in [0.1, 0.15) is 17.2 Å². The molecule has 2 nitrogen and oxygen atoms in total. The predicted molar refractivity (Wildman–Crippen MR) is 58.8 cm³/mol. The molecule has 0 spiro atoms. The molecule has 0 saturated heterocycles. The fraction of sp³-hybridized carbons (Fsp3) is 0.167. The summed E-state index contributed by atoms with van der Waals surface area (Å²) in [7, 11) is 0. The summed E-state index contributed by atoms with van der Waals surface area (Å²) in [6, 6.07) is 9.24. The molecule has 2 aromatic rings. The molecular formula is C12H11ClO2. The smallest absolute Gasteiger partial charge is 0.0960 e. The van der Waals surface area contributed by atoms with Gasteiger partial charge >= 0.3 is 0 Å². The first-order valence-electron chi connectivity index (χ1n) is 4.70. The number of rotatable bonds is 3. The van der Waals surface area contributed by atoms with Gasteiger partial charge in [-0.2, -0.15) is 0 Å². The Hall–Kier alpha value is -1.25. The lowest BCUT2D eigenvalue weighted by Gasteiger charge is -2.08. The van der Waals surface area contributed by atoms with E-state index in [1.54, 1.807) is 18.6 Å². The molecule has 0 amide bonds. The summed E-state index contributed by atoms with van der Waals surface area (Å²) in [6.07, 6.45) is 3.11. The minimum absolute atomic E-state index is 0.540. The second kappa shape index (κ2) is 4.51. The molecule has 1 heterocycles. The normalized spacial score (nSPS) is 12.7. The average Bonchev–Trinajstić information content (AvgIpc) is 2.70. The summed E-state index contributed by atoms with van der Waals surface area (Å²) in [5, 5.41) is 10.5. The molecule has 1 aromatic heterocycles. The fourth-order valence-corrected chi connectivity index (χ4v) is 1.68. The van der Waals surface area contributed by atoms with Crippen molar-refractivity contribution in [3.63, 3.8) is 0 Å². The zero-order valence-electron chi connectivity index (χ0n) is 8.06. The number of hydrogen-bond donors (Lipinski definition) is 1. The van der Waals surface area contributed by atoms with Gasteiger partial charge in [0.1, 0.15) is 0 Å². The number of aliphatic hydroxyl groups excluding tert-OH is 1. The molecule has 78 valence electrons. The van der Waals surface area contributed by atoms with Gasteiger partial charge in [-0.1, -0.05) is 23.7 Å². The molecule has 0 bridgehead atoms. The lowest BCUT2D eigenvalue weighted by molar-refractivity contribution is 0.177. The fourth-order valence-electron chi connectivity index (χ4n) is 1.47. The molecular weight excluding hydrogens is 212 g/mol. The van der Waals surface area contributed by atoms with Crippen molar-refractivity contribution in [1.29, 1.82) is 0 Å². The van der Waals surface area contributed by atoms with Gasteiger partial charge in [-0.05, 0) is 23.8 Å². The third-order valence-electron chi connectivity index (χ3n) is 2.25. The third kappa shape index (κ3) is 2.61. The minimum Gasteiger partial charge on any atom is -0.472 e. The van der Waals surface area contributed by atoms with Crippen LogP contribution in [0.5, 0.6) is 0 Å². The summed E-state index contributed by atoms with van der Waals surface area (Å²) >= 11 is 5.85. The Morgan fingerprint density at radius 2 is 2.20 bits per heavy atom. The maximum atomic E-state index is 9.85. The van der Waals surface area contributed by atoms with Gasteiger partial charge in [0.15, 0.2) is 0 Å². The Bertz CT molecular complexity index is 423. The minimum atomic E-state index is -0.540. The van der Waals surface area contributed by atoms with Gasteiger partial charge in [-0.3, -0.25) is 0 Å². The number of benzene rings is 1. The maximum Gasteiger partial charge on any atom is 0.0960 e. The Labute approximate surface area is 93.1 Å². The largest absolute Gasteiger partial charge is 0.472 e. The van der Waals surface area contributed by atoms with Gasteiger partial charge in [0.25, 0.3) is 0 Å². The second-order valence-corrected chi connectivity index (χ2v) is 3.84. The van der Waals surface area contributed by atoms with Crippen LogP contribution in [-0.2, 0) is 6.42 Å². The quantitative estimate of drug-likeness (QED) is 0.865. The Morgan fingerprint density at radius 1 is 1.33 bits per heavy atom. The zero-order chi connectivity index (χ0) is 10.7. The molecule has 0 saturated carbocycles. The van der Waals surface area contributed by atoms with E-state index in [0.29, 0.717) is 11.4 Å². The van der Waals surface area contributed by atoms with Crippen LogP contribution in [0.3, 0.4) is 0 Å². The van der Waals surface area contributed by atoms with E-state index in [9.17, 15) is 5.11 Å². The van der Waals surface area contributed by atoms with Crippen LogP contribution in [0.25, 0.3) is 0 Å². The van der Waals surface area contributed by atoms with Gasteiger partial charge in [-0.25, -0.2) is 0 Å². The van der Waals surface area contributed by atoms with Crippen LogP contribution in [0.2, 0.25) is 5.02 Å². The monoisotopic (exact) mass is 222 g/mol. The topological polar surface area (TPSA) is 33.4 Å². The molecule has 1 aromatic carbocycles. The van der Waals surface area contributed by atoms with Crippen molar-refractivity contribution >= 4 is 11.6 Å². The molecule has 0 radical (unpaired) electrons. The molecule has 15 heavy (non-hydrogen) atoms. The summed E-state index contributed by atoms with van der Waals surface area (Å²) in [5.74, 6) is 0. The van der Waals surface area contributed by atoms with Crippen molar-refractivity contribution in [2.45, 2.75) is 12.5 Å². The van der Waals surface area contributed by atoms with Crippen molar-refractivity contribution in [3.05, 3.63) is 59.0 Å². The van der Waals surface area contributed by atoms with Crippen LogP contribution in [0, 0.1) is 0 Å². The molecule has 0 aliphatic carbocycles. The Balaban J connectivity index is 2.09. The van der Waals surface area contributed by atoms with Crippen molar-refractivity contribution in [2.24, 2.45) is 0 Å². The van der Waals surface area contributed by atoms with Crippen LogP contribution < -0.4 is 0 Å². The first-order valence-corrected chi connectivity index (χ1v) is 5.08. The molecule has 0 aliphatic heterocycles. The highest BCUT2D eigenvalue weighted by atomic mass is 35.5. The van der Waals surface area contributed by atoms with Gasteiger partial charge in [-0.15, -0.1) is 0 Å². The van der Waals surface area contributed by atoms with Crippen molar-refractivity contribution in [1.82, 2.24) is 0 Å². The number of hydrogen-bond acceptors (Lipinski definition) is 2. The van der Waals surface area contributed by atoms with E-state index >= 15 is 0 Å². The number of halogens is 1. The molecule has 1 atom stereocenters. The van der Waals surface area contributed by atoms with Crippen molar-refractivity contribution in [2.75, 3.05) is 0 Å². The maximum absolute atomic E-state index is 9.85. The van der Waals surface area contributed by atoms with E-state index < -0.39 is 6.10 Å². The highest BCUT2D eigenvalue weighted by Gasteiger charge is 2.09. The van der Waals surface area contributed by atoms with Gasteiger partial charge in [0.05, 0.1) is 18.6 Å².